The van der Waals surface area contributed by atoms with Crippen molar-refractivity contribution in [3.8, 4) is 28.4 Å². The third-order valence-corrected chi connectivity index (χ3v) is 4.77. The first kappa shape index (κ1) is 19.3. The molecule has 0 fully saturated rings. The van der Waals surface area contributed by atoms with Crippen molar-refractivity contribution < 1.29 is 23.5 Å². The molecule has 4 aromatic rings. The second kappa shape index (κ2) is 8.13. The van der Waals surface area contributed by atoms with E-state index in [9.17, 15) is 9.59 Å². The highest BCUT2D eigenvalue weighted by molar-refractivity contribution is 5.99. The van der Waals surface area contributed by atoms with Gasteiger partial charge in [-0.25, -0.2) is 9.59 Å². The van der Waals surface area contributed by atoms with Crippen LogP contribution in [0.3, 0.4) is 0 Å². The average molecular weight is 401 g/mol. The van der Waals surface area contributed by atoms with Gasteiger partial charge in [0.1, 0.15) is 0 Å². The van der Waals surface area contributed by atoms with Crippen molar-refractivity contribution in [1.29, 1.82) is 0 Å². The molecule has 2 heterocycles. The molecule has 30 heavy (non-hydrogen) atoms. The summed E-state index contributed by atoms with van der Waals surface area (Å²) in [6.07, 6.45) is 1.58. The van der Waals surface area contributed by atoms with Gasteiger partial charge in [0, 0.05) is 5.69 Å². The van der Waals surface area contributed by atoms with Gasteiger partial charge in [0.05, 0.1) is 43.0 Å². The smallest absolute Gasteiger partial charge is 0.340 e. The molecule has 2 aromatic heterocycles. The highest BCUT2D eigenvalue weighted by Crippen LogP contribution is 2.36. The molecular weight excluding hydrogens is 382 g/mol. The highest BCUT2D eigenvalue weighted by atomic mass is 16.5. The second-order valence-corrected chi connectivity index (χ2v) is 6.50. The summed E-state index contributed by atoms with van der Waals surface area (Å²) in [5.74, 6) is -0.273. The Morgan fingerprint density at radius 3 is 2.13 bits per heavy atom. The first-order chi connectivity index (χ1) is 14.6. The molecule has 0 saturated carbocycles. The number of carbonyl (C=O) groups excluding carboxylic acids is 2. The number of esters is 2. The fourth-order valence-corrected chi connectivity index (χ4v) is 3.39. The second-order valence-electron chi connectivity index (χ2n) is 6.50. The highest BCUT2D eigenvalue weighted by Gasteiger charge is 2.25. The maximum Gasteiger partial charge on any atom is 0.340 e. The van der Waals surface area contributed by atoms with Crippen LogP contribution in [0.1, 0.15) is 20.7 Å². The number of nitrogens with zero attached hydrogens (tertiary/aromatic N) is 1. The molecule has 0 radical (unpaired) electrons. The van der Waals surface area contributed by atoms with Crippen molar-refractivity contribution in [1.82, 2.24) is 4.57 Å². The van der Waals surface area contributed by atoms with Crippen LogP contribution in [-0.2, 0) is 9.47 Å². The van der Waals surface area contributed by atoms with E-state index < -0.39 is 11.9 Å². The maximum absolute atomic E-state index is 12.6. The van der Waals surface area contributed by atoms with Crippen LogP contribution in [0.2, 0.25) is 0 Å². The lowest BCUT2D eigenvalue weighted by Gasteiger charge is -2.14. The number of ether oxygens (including phenoxy) is 2. The molecule has 0 aliphatic rings. The predicted molar refractivity (Wildman–Crippen MR) is 112 cm³/mol. The Bertz CT molecular complexity index is 1170. The summed E-state index contributed by atoms with van der Waals surface area (Å²) in [7, 11) is 2.69. The van der Waals surface area contributed by atoms with Crippen LogP contribution in [0.25, 0.3) is 28.4 Å². The van der Waals surface area contributed by atoms with Gasteiger partial charge in [-0.05, 0) is 48.0 Å². The van der Waals surface area contributed by atoms with Crippen molar-refractivity contribution >= 4 is 11.9 Å². The zero-order chi connectivity index (χ0) is 21.1. The predicted octanol–water partition coefficient (Wildman–Crippen LogP) is 4.98. The number of aromatic nitrogens is 1. The van der Waals surface area contributed by atoms with Crippen LogP contribution >= 0.6 is 0 Å². The number of hydrogen-bond acceptors (Lipinski definition) is 5. The van der Waals surface area contributed by atoms with Gasteiger partial charge in [0.2, 0.25) is 0 Å². The van der Waals surface area contributed by atoms with E-state index in [-0.39, 0.29) is 0 Å². The van der Waals surface area contributed by atoms with Crippen LogP contribution in [-0.4, -0.2) is 30.7 Å². The van der Waals surface area contributed by atoms with E-state index in [0.29, 0.717) is 28.3 Å². The van der Waals surface area contributed by atoms with Crippen molar-refractivity contribution in [3.05, 3.63) is 90.2 Å². The first-order valence-corrected chi connectivity index (χ1v) is 9.26. The molecule has 0 saturated heterocycles. The average Bonchev–Trinajstić information content (AvgIpc) is 3.46. The molecule has 0 aliphatic carbocycles. The van der Waals surface area contributed by atoms with E-state index in [0.717, 1.165) is 11.3 Å². The maximum atomic E-state index is 12.6. The largest absolute Gasteiger partial charge is 0.465 e. The normalized spacial score (nSPS) is 10.6. The minimum absolute atomic E-state index is 0.409. The molecule has 2 aromatic carbocycles. The fraction of sp³-hybridized carbons (Fsp3) is 0.0833. The number of methoxy groups -OCH3 is 2. The van der Waals surface area contributed by atoms with Crippen molar-refractivity contribution in [2.24, 2.45) is 0 Å². The molecular formula is C24H19NO5. The number of rotatable bonds is 5. The summed E-state index contributed by atoms with van der Waals surface area (Å²) in [5.41, 5.74) is 3.79. The fourth-order valence-electron chi connectivity index (χ4n) is 3.39. The van der Waals surface area contributed by atoms with Gasteiger partial charge in [0.25, 0.3) is 0 Å². The minimum atomic E-state index is -0.452. The summed E-state index contributed by atoms with van der Waals surface area (Å²) in [6.45, 7) is 0. The molecule has 6 heteroatoms. The van der Waals surface area contributed by atoms with E-state index in [1.807, 2.05) is 41.0 Å². The molecule has 6 nitrogen and oxygen atoms in total. The Hall–Kier alpha value is -4.06. The van der Waals surface area contributed by atoms with Gasteiger partial charge in [-0.2, -0.15) is 0 Å². The molecule has 0 spiro atoms. The molecule has 150 valence electrons. The van der Waals surface area contributed by atoms with E-state index in [2.05, 4.69) is 0 Å². The van der Waals surface area contributed by atoms with Crippen molar-refractivity contribution in [2.75, 3.05) is 14.2 Å². The first-order valence-electron chi connectivity index (χ1n) is 9.26. The Morgan fingerprint density at radius 1 is 0.833 bits per heavy atom. The zero-order valence-corrected chi connectivity index (χ0v) is 16.5. The summed E-state index contributed by atoms with van der Waals surface area (Å²) >= 11 is 0. The zero-order valence-electron chi connectivity index (χ0n) is 16.5. The molecule has 4 rings (SSSR count). The lowest BCUT2D eigenvalue weighted by atomic mass is 10.1. The summed E-state index contributed by atoms with van der Waals surface area (Å²) in [6, 6.07) is 21.9. The Labute approximate surface area is 173 Å². The molecule has 0 aliphatic heterocycles. The van der Waals surface area contributed by atoms with Crippen LogP contribution in [0.4, 0.5) is 0 Å². The topological polar surface area (TPSA) is 70.7 Å². The van der Waals surface area contributed by atoms with Crippen LogP contribution in [0, 0.1) is 0 Å². The van der Waals surface area contributed by atoms with Crippen LogP contribution in [0.15, 0.2) is 83.5 Å². The van der Waals surface area contributed by atoms with Gasteiger partial charge in [0.15, 0.2) is 5.76 Å². The van der Waals surface area contributed by atoms with Gasteiger partial charge < -0.3 is 18.5 Å². The Kier molecular flexibility index (Phi) is 5.22. The summed E-state index contributed by atoms with van der Waals surface area (Å²) < 4.78 is 17.4. The number of furan rings is 1. The van der Waals surface area contributed by atoms with Gasteiger partial charge in [-0.15, -0.1) is 0 Å². The van der Waals surface area contributed by atoms with Crippen LogP contribution < -0.4 is 0 Å². The molecule has 0 atom stereocenters. The summed E-state index contributed by atoms with van der Waals surface area (Å²) in [4.78, 5) is 24.5. The lowest BCUT2D eigenvalue weighted by Crippen LogP contribution is -2.06. The Balaban J connectivity index is 2.00. The quantitative estimate of drug-likeness (QED) is 0.441. The summed E-state index contributed by atoms with van der Waals surface area (Å²) in [5, 5.41) is 0. The molecule has 0 bridgehead atoms. The van der Waals surface area contributed by atoms with E-state index in [4.69, 9.17) is 13.9 Å². The van der Waals surface area contributed by atoms with E-state index in [1.54, 1.807) is 42.7 Å². The SMILES string of the molecule is COC(=O)c1ccc(-n2c(-c3ccco3)cc(C(=O)OC)c2-c2ccccc2)cc1. The standard InChI is InChI=1S/C24H19NO5/c1-28-23(26)17-10-12-18(13-11-17)25-20(21-9-6-14-30-21)15-19(24(27)29-2)22(25)16-7-4-3-5-8-16/h3-15H,1-2H3. The van der Waals surface area contributed by atoms with E-state index in [1.165, 1.54) is 14.2 Å². The van der Waals surface area contributed by atoms with Gasteiger partial charge in [-0.3, -0.25) is 0 Å². The molecule has 0 amide bonds. The molecule has 0 N–H and O–H groups in total. The van der Waals surface area contributed by atoms with Gasteiger partial charge in [-0.1, -0.05) is 30.3 Å². The van der Waals surface area contributed by atoms with Gasteiger partial charge >= 0.3 is 11.9 Å². The Morgan fingerprint density at radius 2 is 1.53 bits per heavy atom. The van der Waals surface area contributed by atoms with Crippen LogP contribution in [0.5, 0.6) is 0 Å². The van der Waals surface area contributed by atoms with E-state index >= 15 is 0 Å². The molecule has 0 unspecified atom stereocenters. The monoisotopic (exact) mass is 401 g/mol. The third-order valence-electron chi connectivity index (χ3n) is 4.77. The van der Waals surface area contributed by atoms with Crippen molar-refractivity contribution in [2.45, 2.75) is 0 Å². The number of benzene rings is 2. The number of carbonyl (C=O) groups is 2. The minimum Gasteiger partial charge on any atom is -0.465 e. The number of hydrogen-bond donors (Lipinski definition) is 0. The van der Waals surface area contributed by atoms with Crippen molar-refractivity contribution in [3.63, 3.8) is 0 Å². The lowest BCUT2D eigenvalue weighted by molar-refractivity contribution is 0.0592. The third kappa shape index (κ3) is 3.39.